The molecule has 0 radical (unpaired) electrons. The lowest BCUT2D eigenvalue weighted by molar-refractivity contribution is 0.00709. The highest BCUT2D eigenvalue weighted by atomic mass is 16.3. The highest BCUT2D eigenvalue weighted by molar-refractivity contribution is 5.19. The second-order valence-electron chi connectivity index (χ2n) is 5.57. The second kappa shape index (κ2) is 3.85. The molecule has 0 saturated heterocycles. The number of aliphatic hydroxyl groups is 1. The van der Waals surface area contributed by atoms with Crippen molar-refractivity contribution in [2.45, 2.75) is 44.1 Å². The van der Waals surface area contributed by atoms with Gasteiger partial charge in [-0.1, -0.05) is 31.7 Å². The van der Waals surface area contributed by atoms with Gasteiger partial charge in [-0.2, -0.15) is 0 Å². The van der Waals surface area contributed by atoms with Crippen molar-refractivity contribution < 1.29 is 5.11 Å². The molecule has 2 aliphatic carbocycles. The van der Waals surface area contributed by atoms with Crippen molar-refractivity contribution in [3.63, 3.8) is 0 Å². The summed E-state index contributed by atoms with van der Waals surface area (Å²) in [5, 5.41) is 10.9. The Balaban J connectivity index is 1.80. The zero-order valence-corrected chi connectivity index (χ0v) is 9.60. The number of rotatable bonds is 5. The zero-order chi connectivity index (χ0) is 11.0. The molecule has 1 aromatic heterocycles. The Labute approximate surface area is 96.7 Å². The Hall–Kier alpha value is -0.890. The molecule has 1 aromatic rings. The van der Waals surface area contributed by atoms with E-state index in [0.29, 0.717) is 0 Å². The van der Waals surface area contributed by atoms with Crippen LogP contribution in [0.3, 0.4) is 0 Å². The van der Waals surface area contributed by atoms with Crippen LogP contribution in [-0.4, -0.2) is 10.1 Å². The van der Waals surface area contributed by atoms with E-state index in [0.717, 1.165) is 30.2 Å². The summed E-state index contributed by atoms with van der Waals surface area (Å²) in [6.07, 6.45) is 10.7. The van der Waals surface area contributed by atoms with Gasteiger partial charge in [-0.3, -0.25) is 4.98 Å². The normalized spacial score (nSPS) is 21.1. The highest BCUT2D eigenvalue weighted by Crippen LogP contribution is 2.47. The van der Waals surface area contributed by atoms with E-state index in [1.165, 1.54) is 25.7 Å². The minimum atomic E-state index is -0.601. The number of pyridine rings is 1. The molecule has 2 fully saturated rings. The second-order valence-corrected chi connectivity index (χ2v) is 5.57. The third kappa shape index (κ3) is 2.27. The lowest BCUT2D eigenvalue weighted by Crippen LogP contribution is -2.27. The van der Waals surface area contributed by atoms with Crippen LogP contribution in [0.15, 0.2) is 24.5 Å². The maximum Gasteiger partial charge on any atom is 0.0916 e. The van der Waals surface area contributed by atoms with E-state index < -0.39 is 5.60 Å². The predicted octanol–water partition coefficient (Wildman–Crippen LogP) is 2.87. The maximum absolute atomic E-state index is 10.9. The van der Waals surface area contributed by atoms with Crippen molar-refractivity contribution in [2.24, 2.45) is 11.8 Å². The monoisotopic (exact) mass is 217 g/mol. The Morgan fingerprint density at radius 3 is 2.25 bits per heavy atom. The van der Waals surface area contributed by atoms with Gasteiger partial charge < -0.3 is 5.11 Å². The highest BCUT2D eigenvalue weighted by Gasteiger charge is 2.40. The van der Waals surface area contributed by atoms with Gasteiger partial charge in [0.2, 0.25) is 0 Å². The lowest BCUT2D eigenvalue weighted by Gasteiger charge is -2.28. The first kappa shape index (κ1) is 10.3. The van der Waals surface area contributed by atoms with E-state index in [2.05, 4.69) is 4.98 Å². The summed E-state index contributed by atoms with van der Waals surface area (Å²) in [5.74, 6) is 1.51. The molecular formula is C14H19NO. The Morgan fingerprint density at radius 2 is 1.81 bits per heavy atom. The number of hydrogen-bond acceptors (Lipinski definition) is 2. The third-order valence-electron chi connectivity index (χ3n) is 3.85. The first-order valence-electron chi connectivity index (χ1n) is 6.39. The fourth-order valence-electron chi connectivity index (χ4n) is 2.56. The van der Waals surface area contributed by atoms with E-state index in [1.54, 1.807) is 6.20 Å². The Kier molecular flexibility index (Phi) is 2.47. The smallest absolute Gasteiger partial charge is 0.0916 e. The van der Waals surface area contributed by atoms with E-state index >= 15 is 0 Å². The van der Waals surface area contributed by atoms with Crippen LogP contribution in [0, 0.1) is 11.8 Å². The standard InChI is InChI=1S/C14H19NO/c16-14(8-11-3-4-11,9-12-5-6-12)13-2-1-7-15-10-13/h1-2,7,10-12,16H,3-6,8-9H2. The summed E-state index contributed by atoms with van der Waals surface area (Å²) >= 11 is 0. The van der Waals surface area contributed by atoms with Gasteiger partial charge >= 0.3 is 0 Å². The quantitative estimate of drug-likeness (QED) is 0.822. The van der Waals surface area contributed by atoms with Crippen LogP contribution in [0.1, 0.15) is 44.1 Å². The van der Waals surface area contributed by atoms with Crippen LogP contribution in [0.4, 0.5) is 0 Å². The van der Waals surface area contributed by atoms with Gasteiger partial charge in [0, 0.05) is 18.0 Å². The van der Waals surface area contributed by atoms with Gasteiger partial charge in [0.05, 0.1) is 5.60 Å². The molecule has 0 unspecified atom stereocenters. The molecule has 0 amide bonds. The molecule has 1 heterocycles. The minimum absolute atomic E-state index is 0.601. The first-order valence-corrected chi connectivity index (χ1v) is 6.39. The van der Waals surface area contributed by atoms with Crippen LogP contribution in [0.2, 0.25) is 0 Å². The van der Waals surface area contributed by atoms with Crippen molar-refractivity contribution in [2.75, 3.05) is 0 Å². The molecule has 2 nitrogen and oxygen atoms in total. The van der Waals surface area contributed by atoms with E-state index in [-0.39, 0.29) is 0 Å². The summed E-state index contributed by atoms with van der Waals surface area (Å²) < 4.78 is 0. The summed E-state index contributed by atoms with van der Waals surface area (Å²) in [7, 11) is 0. The molecular weight excluding hydrogens is 198 g/mol. The van der Waals surface area contributed by atoms with Crippen molar-refractivity contribution in [1.29, 1.82) is 0 Å². The molecule has 0 bridgehead atoms. The Bertz CT molecular complexity index is 340. The van der Waals surface area contributed by atoms with Gasteiger partial charge in [0.1, 0.15) is 0 Å². The molecule has 0 aromatic carbocycles. The maximum atomic E-state index is 10.9. The van der Waals surface area contributed by atoms with Gasteiger partial charge in [0.25, 0.3) is 0 Å². The van der Waals surface area contributed by atoms with Gasteiger partial charge in [0.15, 0.2) is 0 Å². The predicted molar refractivity (Wildman–Crippen MR) is 62.8 cm³/mol. The van der Waals surface area contributed by atoms with Crippen LogP contribution < -0.4 is 0 Å². The summed E-state index contributed by atoms with van der Waals surface area (Å²) in [6, 6.07) is 3.96. The Morgan fingerprint density at radius 1 is 1.19 bits per heavy atom. The zero-order valence-electron chi connectivity index (χ0n) is 9.60. The largest absolute Gasteiger partial charge is 0.385 e. The molecule has 0 spiro atoms. The number of nitrogens with zero attached hydrogens (tertiary/aromatic N) is 1. The average Bonchev–Trinajstić information content (AvgIpc) is 3.17. The van der Waals surface area contributed by atoms with E-state index in [4.69, 9.17) is 0 Å². The van der Waals surface area contributed by atoms with Crippen molar-refractivity contribution in [3.05, 3.63) is 30.1 Å². The average molecular weight is 217 g/mol. The molecule has 1 N–H and O–H groups in total. The molecule has 2 saturated carbocycles. The minimum Gasteiger partial charge on any atom is -0.385 e. The lowest BCUT2D eigenvalue weighted by atomic mass is 9.84. The van der Waals surface area contributed by atoms with Crippen molar-refractivity contribution in [3.8, 4) is 0 Å². The molecule has 2 aliphatic rings. The summed E-state index contributed by atoms with van der Waals surface area (Å²) in [5.41, 5.74) is 0.421. The third-order valence-corrected chi connectivity index (χ3v) is 3.85. The van der Waals surface area contributed by atoms with Gasteiger partial charge in [-0.25, -0.2) is 0 Å². The van der Waals surface area contributed by atoms with Crippen LogP contribution in [0.25, 0.3) is 0 Å². The van der Waals surface area contributed by atoms with Crippen LogP contribution >= 0.6 is 0 Å². The summed E-state index contributed by atoms with van der Waals surface area (Å²) in [6.45, 7) is 0. The molecule has 3 rings (SSSR count). The van der Waals surface area contributed by atoms with E-state index in [9.17, 15) is 5.11 Å². The fraction of sp³-hybridized carbons (Fsp3) is 0.643. The fourth-order valence-corrected chi connectivity index (χ4v) is 2.56. The van der Waals surface area contributed by atoms with Gasteiger partial charge in [-0.15, -0.1) is 0 Å². The van der Waals surface area contributed by atoms with E-state index in [1.807, 2.05) is 18.3 Å². The van der Waals surface area contributed by atoms with Crippen LogP contribution in [0.5, 0.6) is 0 Å². The topological polar surface area (TPSA) is 33.1 Å². The van der Waals surface area contributed by atoms with Crippen molar-refractivity contribution in [1.82, 2.24) is 4.98 Å². The van der Waals surface area contributed by atoms with Crippen LogP contribution in [-0.2, 0) is 5.60 Å². The molecule has 2 heteroatoms. The number of hydrogen-bond donors (Lipinski definition) is 1. The molecule has 0 aliphatic heterocycles. The molecule has 0 atom stereocenters. The van der Waals surface area contributed by atoms with Gasteiger partial charge in [-0.05, 0) is 30.7 Å². The number of aromatic nitrogens is 1. The molecule has 16 heavy (non-hydrogen) atoms. The SMILES string of the molecule is OC(CC1CC1)(CC1CC1)c1cccnc1. The van der Waals surface area contributed by atoms with Crippen molar-refractivity contribution >= 4 is 0 Å². The summed E-state index contributed by atoms with van der Waals surface area (Å²) in [4.78, 5) is 4.15. The molecule has 86 valence electrons. The first-order chi connectivity index (χ1) is 7.76.